The summed E-state index contributed by atoms with van der Waals surface area (Å²) in [7, 11) is -4.78. The molecule has 0 saturated carbocycles. The summed E-state index contributed by atoms with van der Waals surface area (Å²) in [6.45, 7) is 3.85. The Bertz CT molecular complexity index is 1550. The number of carbonyl (C=O) groups is 1. The molecule has 1 amide bonds. The van der Waals surface area contributed by atoms with Crippen molar-refractivity contribution in [1.82, 2.24) is 8.87 Å². The fraction of sp³-hybridized carbons (Fsp3) is 0.417. The standard InChI is InChI=1S/C24H32N4O8S3/c1-4-36-16-13-28-21-10-9-20(38(25,30)31)17-22(21)37-24(28)26-23(29)18-5-7-19(8-6-18)39(32,33)27(11-14-34-2)12-15-35-3/h5-10,17H,4,11-16H2,1-3H3,(H2,25,30,31). The minimum atomic E-state index is -3.91. The number of primary sulfonamides is 1. The average Bonchev–Trinajstić information content (AvgIpc) is 3.24. The van der Waals surface area contributed by atoms with Gasteiger partial charge in [-0.15, -0.1) is 0 Å². The van der Waals surface area contributed by atoms with Crippen LogP contribution in [0.2, 0.25) is 0 Å². The number of hydrogen-bond donors (Lipinski definition) is 1. The van der Waals surface area contributed by atoms with Gasteiger partial charge < -0.3 is 18.8 Å². The fourth-order valence-corrected chi connectivity index (χ4v) is 6.76. The topological polar surface area (TPSA) is 160 Å². The molecule has 3 aromatic rings. The Morgan fingerprint density at radius 1 is 0.974 bits per heavy atom. The van der Waals surface area contributed by atoms with Gasteiger partial charge in [-0.1, -0.05) is 11.3 Å². The lowest BCUT2D eigenvalue weighted by Crippen LogP contribution is -2.36. The SMILES string of the molecule is CCOCCn1c(=NC(=O)c2ccc(S(=O)(=O)N(CCOC)CCOC)cc2)sc2cc(S(N)(=O)=O)ccc21. The maximum absolute atomic E-state index is 13.1. The molecular formula is C24H32N4O8S3. The number of rotatable bonds is 14. The van der Waals surface area contributed by atoms with Crippen molar-refractivity contribution in [1.29, 1.82) is 0 Å². The second-order valence-corrected chi connectivity index (χ2v) is 12.7. The molecule has 0 aliphatic carbocycles. The van der Waals surface area contributed by atoms with E-state index in [2.05, 4.69) is 4.99 Å². The second kappa shape index (κ2) is 13.7. The number of aromatic nitrogens is 1. The summed E-state index contributed by atoms with van der Waals surface area (Å²) in [5.41, 5.74) is 0.862. The Balaban J connectivity index is 1.96. The molecule has 2 aromatic carbocycles. The monoisotopic (exact) mass is 600 g/mol. The lowest BCUT2D eigenvalue weighted by molar-refractivity contribution is 0.0996. The zero-order valence-corrected chi connectivity index (χ0v) is 24.4. The van der Waals surface area contributed by atoms with Gasteiger partial charge in [-0.3, -0.25) is 4.79 Å². The Labute approximate surface area is 231 Å². The number of ether oxygens (including phenoxy) is 3. The van der Waals surface area contributed by atoms with E-state index in [9.17, 15) is 21.6 Å². The molecule has 0 spiro atoms. The van der Waals surface area contributed by atoms with Gasteiger partial charge in [0.1, 0.15) is 0 Å². The number of sulfonamides is 2. The summed E-state index contributed by atoms with van der Waals surface area (Å²) in [6.07, 6.45) is 0. The summed E-state index contributed by atoms with van der Waals surface area (Å²) in [6, 6.07) is 9.97. The van der Waals surface area contributed by atoms with Crippen LogP contribution in [0.5, 0.6) is 0 Å². The minimum absolute atomic E-state index is 0.0235. The van der Waals surface area contributed by atoms with Crippen LogP contribution in [0.1, 0.15) is 17.3 Å². The largest absolute Gasteiger partial charge is 0.383 e. The molecule has 3 rings (SSSR count). The van der Waals surface area contributed by atoms with Crippen LogP contribution in [0.3, 0.4) is 0 Å². The molecule has 0 aliphatic heterocycles. The highest BCUT2D eigenvalue weighted by molar-refractivity contribution is 7.89. The lowest BCUT2D eigenvalue weighted by Gasteiger charge is -2.21. The second-order valence-electron chi connectivity index (χ2n) is 8.24. The van der Waals surface area contributed by atoms with E-state index >= 15 is 0 Å². The third-order valence-electron chi connectivity index (χ3n) is 5.67. The van der Waals surface area contributed by atoms with Crippen molar-refractivity contribution in [3.05, 3.63) is 52.8 Å². The van der Waals surface area contributed by atoms with E-state index in [-0.39, 0.29) is 41.7 Å². The summed E-state index contributed by atoms with van der Waals surface area (Å²) >= 11 is 1.14. The maximum atomic E-state index is 13.1. The highest BCUT2D eigenvalue weighted by Crippen LogP contribution is 2.22. The fourth-order valence-electron chi connectivity index (χ4n) is 3.64. The summed E-state index contributed by atoms with van der Waals surface area (Å²) in [5, 5.41) is 5.27. The number of benzene rings is 2. The lowest BCUT2D eigenvalue weighted by atomic mass is 10.2. The Morgan fingerprint density at radius 3 is 2.15 bits per heavy atom. The van der Waals surface area contributed by atoms with Gasteiger partial charge >= 0.3 is 0 Å². The molecule has 0 aliphatic rings. The normalized spacial score (nSPS) is 13.0. The van der Waals surface area contributed by atoms with Crippen LogP contribution in [0.15, 0.2) is 57.2 Å². The predicted molar refractivity (Wildman–Crippen MR) is 147 cm³/mol. The van der Waals surface area contributed by atoms with Gasteiger partial charge in [0, 0.05) is 46.0 Å². The van der Waals surface area contributed by atoms with E-state index in [0.29, 0.717) is 34.8 Å². The van der Waals surface area contributed by atoms with Gasteiger partial charge in [0.2, 0.25) is 20.0 Å². The van der Waals surface area contributed by atoms with E-state index in [1.165, 1.54) is 54.9 Å². The number of hydrogen-bond acceptors (Lipinski definition) is 9. The third kappa shape index (κ3) is 7.79. The van der Waals surface area contributed by atoms with Gasteiger partial charge in [0.15, 0.2) is 4.80 Å². The molecule has 0 fully saturated rings. The zero-order valence-electron chi connectivity index (χ0n) is 21.9. The Kier molecular flexibility index (Phi) is 10.9. The number of nitrogens with zero attached hydrogens (tertiary/aromatic N) is 3. The average molecular weight is 601 g/mol. The number of nitrogens with two attached hydrogens (primary N) is 1. The highest BCUT2D eigenvalue weighted by atomic mass is 32.2. The van der Waals surface area contributed by atoms with Crippen LogP contribution >= 0.6 is 11.3 Å². The van der Waals surface area contributed by atoms with Gasteiger partial charge in [-0.2, -0.15) is 9.30 Å². The smallest absolute Gasteiger partial charge is 0.279 e. The van der Waals surface area contributed by atoms with Crippen molar-refractivity contribution < 1.29 is 35.8 Å². The molecule has 0 atom stereocenters. The minimum Gasteiger partial charge on any atom is -0.383 e. The van der Waals surface area contributed by atoms with Crippen molar-refractivity contribution >= 4 is 47.5 Å². The third-order valence-corrected chi connectivity index (χ3v) is 9.54. The maximum Gasteiger partial charge on any atom is 0.279 e. The molecule has 12 nitrogen and oxygen atoms in total. The molecule has 0 bridgehead atoms. The van der Waals surface area contributed by atoms with E-state index in [1.54, 1.807) is 10.6 Å². The number of thiazole rings is 1. The first kappa shape index (κ1) is 31.0. The zero-order chi connectivity index (χ0) is 28.6. The van der Waals surface area contributed by atoms with Crippen molar-refractivity contribution in [2.24, 2.45) is 10.1 Å². The first-order valence-corrected chi connectivity index (χ1v) is 15.7. The highest BCUT2D eigenvalue weighted by Gasteiger charge is 2.24. The van der Waals surface area contributed by atoms with E-state index in [0.717, 1.165) is 11.3 Å². The van der Waals surface area contributed by atoms with Gasteiger partial charge in [-0.05, 0) is 49.4 Å². The van der Waals surface area contributed by atoms with Crippen LogP contribution in [-0.2, 0) is 40.8 Å². The van der Waals surface area contributed by atoms with Crippen LogP contribution in [0.25, 0.3) is 10.2 Å². The quantitative estimate of drug-likeness (QED) is 0.272. The first-order valence-electron chi connectivity index (χ1n) is 11.9. The number of amides is 1. The molecule has 1 aromatic heterocycles. The predicted octanol–water partition coefficient (Wildman–Crippen LogP) is 1.41. The van der Waals surface area contributed by atoms with Crippen molar-refractivity contribution in [2.45, 2.75) is 23.3 Å². The number of methoxy groups -OCH3 is 2. The first-order chi connectivity index (χ1) is 18.5. The summed E-state index contributed by atoms with van der Waals surface area (Å²) in [5.74, 6) is -0.585. The van der Waals surface area contributed by atoms with Crippen LogP contribution in [-0.4, -0.2) is 85.4 Å². The van der Waals surface area contributed by atoms with Gasteiger partial charge in [0.05, 0.1) is 39.8 Å². The molecule has 214 valence electrons. The molecule has 39 heavy (non-hydrogen) atoms. The van der Waals surface area contributed by atoms with E-state index in [1.807, 2.05) is 6.92 Å². The Morgan fingerprint density at radius 2 is 1.59 bits per heavy atom. The molecular weight excluding hydrogens is 568 g/mol. The van der Waals surface area contributed by atoms with Gasteiger partial charge in [-0.25, -0.2) is 22.0 Å². The molecule has 0 saturated heterocycles. The molecule has 2 N–H and O–H groups in total. The molecule has 0 unspecified atom stereocenters. The van der Waals surface area contributed by atoms with Crippen molar-refractivity contribution in [3.63, 3.8) is 0 Å². The van der Waals surface area contributed by atoms with Crippen LogP contribution in [0, 0.1) is 0 Å². The van der Waals surface area contributed by atoms with E-state index in [4.69, 9.17) is 19.3 Å². The molecule has 1 heterocycles. The summed E-state index contributed by atoms with van der Waals surface area (Å²) < 4.78 is 69.0. The number of carbonyl (C=O) groups excluding carboxylic acids is 1. The van der Waals surface area contributed by atoms with Crippen molar-refractivity contribution in [2.75, 3.05) is 53.7 Å². The Hall–Kier alpha value is -2.50. The van der Waals surface area contributed by atoms with Gasteiger partial charge in [0.25, 0.3) is 5.91 Å². The molecule has 0 radical (unpaired) electrons. The summed E-state index contributed by atoms with van der Waals surface area (Å²) in [4.78, 5) is 17.6. The molecule has 15 heteroatoms. The van der Waals surface area contributed by atoms with Crippen LogP contribution < -0.4 is 9.94 Å². The van der Waals surface area contributed by atoms with E-state index < -0.39 is 26.0 Å². The van der Waals surface area contributed by atoms with Crippen molar-refractivity contribution in [3.8, 4) is 0 Å². The number of fused-ring (bicyclic) bond motifs is 1. The van der Waals surface area contributed by atoms with Crippen LogP contribution in [0.4, 0.5) is 0 Å².